The minimum absolute atomic E-state index is 0. The molecule has 1 heterocycles. The molecular weight excluding hydrogens is 300 g/mol. The van der Waals surface area contributed by atoms with Gasteiger partial charge in [-0.15, -0.1) is 12.4 Å². The van der Waals surface area contributed by atoms with Gasteiger partial charge in [0.25, 0.3) is 5.89 Å². The van der Waals surface area contributed by atoms with Gasteiger partial charge in [-0.3, -0.25) is 0 Å². The lowest BCUT2D eigenvalue weighted by atomic mass is 9.98. The third-order valence-corrected chi connectivity index (χ3v) is 4.04. The Kier molecular flexibility index (Phi) is 5.21. The Labute approximate surface area is 137 Å². The maximum atomic E-state index is 6.38. The number of hydrogen-bond acceptors (Lipinski definition) is 5. The van der Waals surface area contributed by atoms with Crippen molar-refractivity contribution in [1.29, 1.82) is 0 Å². The van der Waals surface area contributed by atoms with Crippen molar-refractivity contribution >= 4 is 12.4 Å². The van der Waals surface area contributed by atoms with E-state index in [2.05, 4.69) is 41.3 Å². The molecule has 1 aromatic heterocycles. The van der Waals surface area contributed by atoms with Crippen LogP contribution in [0.3, 0.4) is 0 Å². The molecule has 1 fully saturated rings. The van der Waals surface area contributed by atoms with Crippen molar-refractivity contribution in [1.82, 2.24) is 15.0 Å². The highest BCUT2D eigenvalue weighted by molar-refractivity contribution is 5.85. The first-order chi connectivity index (χ1) is 10.1. The molecule has 0 spiro atoms. The molecule has 1 saturated carbocycles. The highest BCUT2D eigenvalue weighted by atomic mass is 35.5. The number of halogens is 1. The molecule has 0 bridgehead atoms. The van der Waals surface area contributed by atoms with Crippen molar-refractivity contribution in [2.75, 3.05) is 14.1 Å². The van der Waals surface area contributed by atoms with Crippen LogP contribution in [0, 0.1) is 0 Å². The van der Waals surface area contributed by atoms with Gasteiger partial charge in [-0.1, -0.05) is 30.1 Å². The Bertz CT molecular complexity index is 620. The van der Waals surface area contributed by atoms with Gasteiger partial charge in [0.1, 0.15) is 0 Å². The molecule has 0 unspecified atom stereocenters. The summed E-state index contributed by atoms with van der Waals surface area (Å²) >= 11 is 0. The van der Waals surface area contributed by atoms with Crippen molar-refractivity contribution in [2.45, 2.75) is 37.8 Å². The fourth-order valence-electron chi connectivity index (χ4n) is 2.94. The smallest absolute Gasteiger partial charge is 0.258 e. The molecule has 22 heavy (non-hydrogen) atoms. The molecule has 1 aromatic carbocycles. The maximum Gasteiger partial charge on any atom is 0.258 e. The number of hydrogen-bond donors (Lipinski definition) is 1. The van der Waals surface area contributed by atoms with E-state index in [0.29, 0.717) is 11.7 Å². The van der Waals surface area contributed by atoms with Gasteiger partial charge in [0.15, 0.2) is 5.82 Å². The van der Waals surface area contributed by atoms with Crippen LogP contribution in [0.4, 0.5) is 0 Å². The molecule has 2 N–H and O–H groups in total. The van der Waals surface area contributed by atoms with E-state index in [1.165, 1.54) is 5.56 Å². The second-order valence-corrected chi connectivity index (χ2v) is 6.22. The monoisotopic (exact) mass is 322 g/mol. The minimum Gasteiger partial charge on any atom is -0.334 e. The summed E-state index contributed by atoms with van der Waals surface area (Å²) in [6.07, 6.45) is 4.15. The normalized spacial score (nSPS) is 16.7. The third-order valence-electron chi connectivity index (χ3n) is 4.04. The first-order valence-electron chi connectivity index (χ1n) is 7.44. The van der Waals surface area contributed by atoms with Crippen LogP contribution < -0.4 is 5.73 Å². The summed E-state index contributed by atoms with van der Waals surface area (Å²) in [4.78, 5) is 6.67. The number of nitrogens with zero attached hydrogens (tertiary/aromatic N) is 3. The van der Waals surface area contributed by atoms with Crippen LogP contribution in [0.1, 0.15) is 37.1 Å². The van der Waals surface area contributed by atoms with Crippen LogP contribution in [0.2, 0.25) is 0 Å². The Hall–Kier alpha value is -1.43. The summed E-state index contributed by atoms with van der Waals surface area (Å²) < 4.78 is 5.43. The molecule has 2 aromatic rings. The van der Waals surface area contributed by atoms with Gasteiger partial charge in [0.05, 0.1) is 5.54 Å². The van der Waals surface area contributed by atoms with E-state index in [1.54, 1.807) is 0 Å². The van der Waals surface area contributed by atoms with Crippen molar-refractivity contribution in [3.8, 4) is 11.5 Å². The summed E-state index contributed by atoms with van der Waals surface area (Å²) in [7, 11) is 4.10. The van der Waals surface area contributed by atoms with Gasteiger partial charge in [0, 0.05) is 12.1 Å². The van der Waals surface area contributed by atoms with E-state index in [-0.39, 0.29) is 12.4 Å². The SMILES string of the molecule is CN(C)Cc1cccc(-c2nc(C3(N)CCCC3)no2)c1.Cl. The molecule has 0 aliphatic heterocycles. The largest absolute Gasteiger partial charge is 0.334 e. The zero-order valence-corrected chi connectivity index (χ0v) is 13.9. The first kappa shape index (κ1) is 16.9. The van der Waals surface area contributed by atoms with Gasteiger partial charge in [-0.2, -0.15) is 4.98 Å². The van der Waals surface area contributed by atoms with Crippen molar-refractivity contribution in [3.63, 3.8) is 0 Å². The standard InChI is InChI=1S/C16H22N4O.ClH/c1-20(2)11-12-6-5-7-13(10-12)14-18-15(19-21-14)16(17)8-3-4-9-16;/h5-7,10H,3-4,8-9,11,17H2,1-2H3;1H. The lowest BCUT2D eigenvalue weighted by molar-refractivity contribution is 0.372. The van der Waals surface area contributed by atoms with E-state index in [4.69, 9.17) is 10.3 Å². The highest BCUT2D eigenvalue weighted by Gasteiger charge is 2.36. The summed E-state index contributed by atoms with van der Waals surface area (Å²) in [5.74, 6) is 1.20. The quantitative estimate of drug-likeness (QED) is 0.937. The highest BCUT2D eigenvalue weighted by Crippen LogP contribution is 2.35. The maximum absolute atomic E-state index is 6.38. The molecule has 120 valence electrons. The molecule has 3 rings (SSSR count). The van der Waals surface area contributed by atoms with Crippen LogP contribution in [-0.4, -0.2) is 29.1 Å². The first-order valence-corrected chi connectivity index (χ1v) is 7.44. The predicted molar refractivity (Wildman–Crippen MR) is 88.7 cm³/mol. The van der Waals surface area contributed by atoms with E-state index < -0.39 is 5.54 Å². The molecule has 0 radical (unpaired) electrons. The second kappa shape index (κ2) is 6.77. The van der Waals surface area contributed by atoms with Gasteiger partial charge >= 0.3 is 0 Å². The minimum atomic E-state index is -0.400. The molecule has 5 nitrogen and oxygen atoms in total. The van der Waals surface area contributed by atoms with Crippen LogP contribution in [0.15, 0.2) is 28.8 Å². The summed E-state index contributed by atoms with van der Waals surface area (Å²) in [5.41, 5.74) is 8.15. The molecule has 0 atom stereocenters. The lowest BCUT2D eigenvalue weighted by Crippen LogP contribution is -2.34. The Balaban J connectivity index is 0.00000176. The van der Waals surface area contributed by atoms with E-state index in [1.807, 2.05) is 12.1 Å². The zero-order valence-electron chi connectivity index (χ0n) is 13.1. The topological polar surface area (TPSA) is 68.2 Å². The van der Waals surface area contributed by atoms with Crippen LogP contribution in [-0.2, 0) is 12.1 Å². The van der Waals surface area contributed by atoms with Gasteiger partial charge in [-0.05, 0) is 44.6 Å². The van der Waals surface area contributed by atoms with Crippen molar-refractivity contribution < 1.29 is 4.52 Å². The molecule has 1 aliphatic rings. The zero-order chi connectivity index (χ0) is 14.9. The van der Waals surface area contributed by atoms with Crippen LogP contribution in [0.5, 0.6) is 0 Å². The Morgan fingerprint density at radius 2 is 2.00 bits per heavy atom. The lowest BCUT2D eigenvalue weighted by Gasteiger charge is -2.17. The molecule has 6 heteroatoms. The number of rotatable bonds is 4. The molecule has 0 amide bonds. The van der Waals surface area contributed by atoms with Crippen molar-refractivity contribution in [3.05, 3.63) is 35.7 Å². The second-order valence-electron chi connectivity index (χ2n) is 6.22. The van der Waals surface area contributed by atoms with Crippen LogP contribution >= 0.6 is 12.4 Å². The molecule has 1 aliphatic carbocycles. The summed E-state index contributed by atoms with van der Waals surface area (Å²) in [6.45, 7) is 0.885. The summed E-state index contributed by atoms with van der Waals surface area (Å²) in [5, 5.41) is 4.12. The average Bonchev–Trinajstić information content (AvgIpc) is 3.08. The van der Waals surface area contributed by atoms with Crippen molar-refractivity contribution in [2.24, 2.45) is 5.73 Å². The van der Waals surface area contributed by atoms with Gasteiger partial charge < -0.3 is 15.2 Å². The number of aromatic nitrogens is 2. The van der Waals surface area contributed by atoms with E-state index in [9.17, 15) is 0 Å². The number of benzene rings is 1. The van der Waals surface area contributed by atoms with Crippen LogP contribution in [0.25, 0.3) is 11.5 Å². The fraction of sp³-hybridized carbons (Fsp3) is 0.500. The Morgan fingerprint density at radius 3 is 2.68 bits per heavy atom. The number of nitrogens with two attached hydrogens (primary N) is 1. The Morgan fingerprint density at radius 1 is 1.27 bits per heavy atom. The summed E-state index contributed by atoms with van der Waals surface area (Å²) in [6, 6.07) is 8.21. The third kappa shape index (κ3) is 3.48. The predicted octanol–water partition coefficient (Wildman–Crippen LogP) is 2.95. The van der Waals surface area contributed by atoms with Gasteiger partial charge in [-0.25, -0.2) is 0 Å². The molecule has 0 saturated heterocycles. The average molecular weight is 323 g/mol. The van der Waals surface area contributed by atoms with E-state index in [0.717, 1.165) is 37.8 Å². The fourth-order valence-corrected chi connectivity index (χ4v) is 2.94. The van der Waals surface area contributed by atoms with Gasteiger partial charge in [0.2, 0.25) is 0 Å². The van der Waals surface area contributed by atoms with E-state index >= 15 is 0 Å². The molecular formula is C16H23ClN4O.